The van der Waals surface area contributed by atoms with Crippen LogP contribution in [0.3, 0.4) is 0 Å². The molecule has 2 bridgehead atoms. The summed E-state index contributed by atoms with van der Waals surface area (Å²) in [4.78, 5) is 28.1. The molecule has 4 fully saturated rings. The van der Waals surface area contributed by atoms with E-state index >= 15 is 0 Å². The highest BCUT2D eigenvalue weighted by Crippen LogP contribution is 2.73. The number of nitrogens with zero attached hydrogens (tertiary/aromatic N) is 1. The number of aromatic nitrogens is 1. The molecule has 5 nitrogen and oxygen atoms in total. The van der Waals surface area contributed by atoms with Gasteiger partial charge in [-0.25, -0.2) is 4.98 Å². The van der Waals surface area contributed by atoms with Gasteiger partial charge in [0.1, 0.15) is 0 Å². The van der Waals surface area contributed by atoms with Crippen LogP contribution in [0.2, 0.25) is 0 Å². The van der Waals surface area contributed by atoms with Gasteiger partial charge in [0.25, 0.3) is 0 Å². The number of amides is 1. The lowest BCUT2D eigenvalue weighted by Gasteiger charge is -2.66. The second-order valence-corrected chi connectivity index (χ2v) is 8.85. The third-order valence-electron chi connectivity index (χ3n) is 6.18. The molecule has 0 radical (unpaired) electrons. The van der Waals surface area contributed by atoms with Gasteiger partial charge in [-0.3, -0.25) is 9.59 Å². The molecule has 1 aromatic rings. The minimum Gasteiger partial charge on any atom is -0.481 e. The van der Waals surface area contributed by atoms with Crippen molar-refractivity contribution in [2.24, 2.45) is 10.8 Å². The van der Waals surface area contributed by atoms with Gasteiger partial charge in [0.2, 0.25) is 5.91 Å². The summed E-state index contributed by atoms with van der Waals surface area (Å²) in [5, 5.41) is 15.4. The summed E-state index contributed by atoms with van der Waals surface area (Å²) in [7, 11) is 0. The van der Waals surface area contributed by atoms with Crippen molar-refractivity contribution in [2.45, 2.75) is 63.7 Å². The molecular formula is C18H24N2O3S. The zero-order valence-corrected chi connectivity index (χ0v) is 14.7. The first kappa shape index (κ1) is 16.1. The Morgan fingerprint density at radius 3 is 2.58 bits per heavy atom. The van der Waals surface area contributed by atoms with Crippen molar-refractivity contribution < 1.29 is 14.7 Å². The molecule has 0 aliphatic heterocycles. The zero-order chi connectivity index (χ0) is 16.8. The molecule has 5 rings (SSSR count). The van der Waals surface area contributed by atoms with E-state index in [1.54, 1.807) is 11.3 Å². The fourth-order valence-corrected chi connectivity index (χ4v) is 5.63. The molecule has 6 heteroatoms. The van der Waals surface area contributed by atoms with Crippen LogP contribution in [0.25, 0.3) is 0 Å². The lowest BCUT2D eigenvalue weighted by atomic mass is 9.35. The van der Waals surface area contributed by atoms with Gasteiger partial charge in [0.05, 0.1) is 21.5 Å². The Morgan fingerprint density at radius 2 is 1.92 bits per heavy atom. The van der Waals surface area contributed by atoms with Gasteiger partial charge in [0.15, 0.2) is 0 Å². The van der Waals surface area contributed by atoms with E-state index in [9.17, 15) is 9.59 Å². The lowest BCUT2D eigenvalue weighted by molar-refractivity contribution is -0.220. The van der Waals surface area contributed by atoms with E-state index < -0.39 is 11.4 Å². The van der Waals surface area contributed by atoms with Gasteiger partial charge in [-0.15, -0.1) is 11.3 Å². The molecule has 4 saturated carbocycles. The Labute approximate surface area is 145 Å². The number of carboxylic acids is 1. The van der Waals surface area contributed by atoms with Crippen molar-refractivity contribution in [1.82, 2.24) is 10.3 Å². The number of hydrogen-bond acceptors (Lipinski definition) is 4. The Bertz CT molecular complexity index is 643. The molecule has 1 heterocycles. The number of carbonyl (C=O) groups is 2. The predicted molar refractivity (Wildman–Crippen MR) is 91.0 cm³/mol. The first-order valence-electron chi connectivity index (χ1n) is 8.99. The average molecular weight is 348 g/mol. The molecule has 2 N–H and O–H groups in total. The third-order valence-corrected chi connectivity index (χ3v) is 7.11. The summed E-state index contributed by atoms with van der Waals surface area (Å²) in [6, 6.07) is 0. The third kappa shape index (κ3) is 2.55. The van der Waals surface area contributed by atoms with Crippen molar-refractivity contribution in [3.8, 4) is 0 Å². The molecule has 1 aromatic heterocycles. The smallest absolute Gasteiger partial charge is 0.309 e. The van der Waals surface area contributed by atoms with Crippen LogP contribution in [-0.2, 0) is 16.0 Å². The molecule has 4 aliphatic carbocycles. The second kappa shape index (κ2) is 5.83. The minimum atomic E-state index is -0.741. The topological polar surface area (TPSA) is 79.3 Å². The van der Waals surface area contributed by atoms with Crippen molar-refractivity contribution in [2.75, 3.05) is 6.54 Å². The summed E-state index contributed by atoms with van der Waals surface area (Å²) in [6.07, 6.45) is 8.81. The Morgan fingerprint density at radius 1 is 1.21 bits per heavy atom. The van der Waals surface area contributed by atoms with Gasteiger partial charge in [-0.05, 0) is 32.1 Å². The van der Waals surface area contributed by atoms with Crippen LogP contribution in [0.5, 0.6) is 0 Å². The largest absolute Gasteiger partial charge is 0.481 e. The maximum atomic E-state index is 12.3. The normalized spacial score (nSPS) is 31.8. The number of rotatable bonds is 6. The van der Waals surface area contributed by atoms with Gasteiger partial charge < -0.3 is 10.4 Å². The highest BCUT2D eigenvalue weighted by atomic mass is 32.1. The summed E-state index contributed by atoms with van der Waals surface area (Å²) in [6.45, 7) is 0.596. The fourth-order valence-electron chi connectivity index (χ4n) is 4.75. The number of thiazole rings is 1. The van der Waals surface area contributed by atoms with E-state index in [0.29, 0.717) is 31.7 Å². The van der Waals surface area contributed by atoms with Crippen molar-refractivity contribution >= 4 is 23.2 Å². The molecule has 1 amide bonds. The van der Waals surface area contributed by atoms with Crippen LogP contribution < -0.4 is 5.32 Å². The predicted octanol–water partition coefficient (Wildman–Crippen LogP) is 3.10. The highest BCUT2D eigenvalue weighted by molar-refractivity contribution is 7.09. The summed E-state index contributed by atoms with van der Waals surface area (Å²) < 4.78 is 0. The van der Waals surface area contributed by atoms with E-state index in [1.807, 2.05) is 0 Å². The van der Waals surface area contributed by atoms with Gasteiger partial charge >= 0.3 is 5.97 Å². The number of carbonyl (C=O) groups excluding carboxylic acids is 1. The summed E-state index contributed by atoms with van der Waals surface area (Å²) in [5.74, 6) is -0.0730. The Balaban J connectivity index is 1.23. The molecule has 24 heavy (non-hydrogen) atoms. The SMILES string of the molecule is O=C(O)C12CC(C(=O)NCCc3nc(C4CCCCC4)cs3)(C1)C2. The Kier molecular flexibility index (Phi) is 3.90. The number of aliphatic carboxylic acids is 1. The van der Waals surface area contributed by atoms with E-state index in [0.717, 1.165) is 11.4 Å². The molecular weight excluding hydrogens is 324 g/mol. The van der Waals surface area contributed by atoms with Crippen LogP contribution in [0, 0.1) is 10.8 Å². The Hall–Kier alpha value is -1.43. The lowest BCUT2D eigenvalue weighted by Crippen LogP contribution is -2.70. The number of carboxylic acid groups (broad SMARTS) is 1. The molecule has 4 aliphatic rings. The fraction of sp³-hybridized carbons (Fsp3) is 0.722. The second-order valence-electron chi connectivity index (χ2n) is 7.90. The molecule has 0 unspecified atom stereocenters. The number of nitrogens with one attached hydrogen (secondary N) is 1. The van der Waals surface area contributed by atoms with Gasteiger partial charge in [-0.2, -0.15) is 0 Å². The average Bonchev–Trinajstić information content (AvgIpc) is 2.94. The van der Waals surface area contributed by atoms with Gasteiger partial charge in [-0.1, -0.05) is 19.3 Å². The van der Waals surface area contributed by atoms with Crippen LogP contribution >= 0.6 is 11.3 Å². The van der Waals surface area contributed by atoms with E-state index in [4.69, 9.17) is 10.1 Å². The summed E-state index contributed by atoms with van der Waals surface area (Å²) in [5.41, 5.74) is 0.277. The monoisotopic (exact) mass is 348 g/mol. The van der Waals surface area contributed by atoms with E-state index in [-0.39, 0.29) is 11.3 Å². The van der Waals surface area contributed by atoms with E-state index in [2.05, 4.69) is 10.7 Å². The minimum absolute atomic E-state index is 0.0367. The van der Waals surface area contributed by atoms with E-state index in [1.165, 1.54) is 37.8 Å². The van der Waals surface area contributed by atoms with Crippen LogP contribution in [-0.4, -0.2) is 28.5 Å². The molecule has 130 valence electrons. The molecule has 0 atom stereocenters. The van der Waals surface area contributed by atoms with Gasteiger partial charge in [0, 0.05) is 24.3 Å². The first-order chi connectivity index (χ1) is 11.5. The van der Waals surface area contributed by atoms with Crippen LogP contribution in [0.4, 0.5) is 0 Å². The van der Waals surface area contributed by atoms with Crippen molar-refractivity contribution in [1.29, 1.82) is 0 Å². The highest BCUT2D eigenvalue weighted by Gasteiger charge is 2.75. The first-order valence-corrected chi connectivity index (χ1v) is 9.87. The maximum absolute atomic E-state index is 12.3. The summed E-state index contributed by atoms with van der Waals surface area (Å²) >= 11 is 1.70. The zero-order valence-electron chi connectivity index (χ0n) is 13.8. The van der Waals surface area contributed by atoms with Crippen molar-refractivity contribution in [3.63, 3.8) is 0 Å². The molecule has 0 saturated heterocycles. The maximum Gasteiger partial charge on any atom is 0.309 e. The van der Waals surface area contributed by atoms with Crippen molar-refractivity contribution in [3.05, 3.63) is 16.1 Å². The standard InChI is InChI=1S/C18H24N2O3S/c21-15(17-9-18(10-17,11-17)16(22)23)19-7-6-14-20-13(8-24-14)12-4-2-1-3-5-12/h8,12H,1-7,9-11H2,(H,19,21)(H,22,23). The van der Waals surface area contributed by atoms with Crippen LogP contribution in [0.15, 0.2) is 5.38 Å². The molecule has 0 aromatic carbocycles. The molecule has 0 spiro atoms. The quantitative estimate of drug-likeness (QED) is 0.828. The number of hydrogen-bond donors (Lipinski definition) is 2. The van der Waals surface area contributed by atoms with Crippen LogP contribution in [0.1, 0.15) is 68.0 Å².